The van der Waals surface area contributed by atoms with Crippen molar-refractivity contribution in [3.05, 3.63) is 24.2 Å². The van der Waals surface area contributed by atoms with Gasteiger partial charge in [0.25, 0.3) is 5.91 Å². The second-order valence-electron chi connectivity index (χ2n) is 8.86. The molecule has 0 aromatic carbocycles. The fraction of sp³-hybridized carbons (Fsp3) is 0.714. The lowest BCUT2D eigenvalue weighted by molar-refractivity contribution is -0.145. The first-order valence-corrected chi connectivity index (χ1v) is 10.5. The molecule has 2 unspecified atom stereocenters. The highest BCUT2D eigenvalue weighted by Crippen LogP contribution is 2.39. The molecule has 0 N–H and O–H groups in total. The standard InChI is InChI=1S/C21H29N3O3/c25-20-3-1-2-19-17-10-15(12-24(19)20)11-23(13-17)18-4-7-22(8-5-18)21(26)16-6-9-27-14-16/h6,9,14-15,17-19H,1-5,7-8,10-13H2/t15?,17?,19-/m1/s1. The van der Waals surface area contributed by atoms with E-state index < -0.39 is 0 Å². The molecule has 4 aliphatic rings. The molecule has 2 bridgehead atoms. The summed E-state index contributed by atoms with van der Waals surface area (Å²) < 4.78 is 5.05. The van der Waals surface area contributed by atoms with E-state index in [0.717, 1.165) is 58.4 Å². The number of piperidine rings is 4. The SMILES string of the molecule is O=C(c1ccoc1)N1CCC(N2CC3CC(C2)[C@H]2CCCC(=O)N2C3)CC1. The van der Waals surface area contributed by atoms with Crippen LogP contribution in [0.2, 0.25) is 0 Å². The summed E-state index contributed by atoms with van der Waals surface area (Å²) in [6.07, 6.45) is 9.51. The first-order valence-electron chi connectivity index (χ1n) is 10.5. The summed E-state index contributed by atoms with van der Waals surface area (Å²) in [5.74, 6) is 1.76. The van der Waals surface area contributed by atoms with E-state index in [1.54, 1.807) is 12.3 Å². The summed E-state index contributed by atoms with van der Waals surface area (Å²) in [6, 6.07) is 2.81. The Labute approximate surface area is 160 Å². The third-order valence-corrected chi connectivity index (χ3v) is 7.24. The molecule has 1 aromatic heterocycles. The summed E-state index contributed by atoms with van der Waals surface area (Å²) in [5, 5.41) is 0. The van der Waals surface area contributed by atoms with Crippen LogP contribution >= 0.6 is 0 Å². The van der Waals surface area contributed by atoms with Crippen LogP contribution in [0.4, 0.5) is 0 Å². The zero-order chi connectivity index (χ0) is 18.4. The highest BCUT2D eigenvalue weighted by atomic mass is 16.3. The number of rotatable bonds is 2. The first-order chi connectivity index (χ1) is 13.2. The van der Waals surface area contributed by atoms with Gasteiger partial charge in [0.1, 0.15) is 6.26 Å². The molecule has 5 heterocycles. The van der Waals surface area contributed by atoms with E-state index in [0.29, 0.717) is 35.4 Å². The van der Waals surface area contributed by atoms with Crippen molar-refractivity contribution in [3.63, 3.8) is 0 Å². The molecule has 146 valence electrons. The number of carbonyl (C=O) groups is 2. The summed E-state index contributed by atoms with van der Waals surface area (Å²) in [7, 11) is 0. The maximum atomic E-state index is 12.5. The van der Waals surface area contributed by atoms with Gasteiger partial charge >= 0.3 is 0 Å². The van der Waals surface area contributed by atoms with Crippen LogP contribution < -0.4 is 0 Å². The lowest BCUT2D eigenvalue weighted by Crippen LogP contribution is -2.62. The maximum absolute atomic E-state index is 12.5. The van der Waals surface area contributed by atoms with Crippen molar-refractivity contribution in [1.82, 2.24) is 14.7 Å². The summed E-state index contributed by atoms with van der Waals surface area (Å²) in [6.45, 7) is 4.87. The van der Waals surface area contributed by atoms with Crippen LogP contribution in [0.5, 0.6) is 0 Å². The number of furan rings is 1. The molecule has 4 aliphatic heterocycles. The number of carbonyl (C=O) groups excluding carboxylic acids is 2. The van der Waals surface area contributed by atoms with Crippen LogP contribution in [0, 0.1) is 11.8 Å². The maximum Gasteiger partial charge on any atom is 0.257 e. The Morgan fingerprint density at radius 2 is 1.96 bits per heavy atom. The highest BCUT2D eigenvalue weighted by molar-refractivity contribution is 5.93. The topological polar surface area (TPSA) is 57.0 Å². The second kappa shape index (κ2) is 6.97. The van der Waals surface area contributed by atoms with Crippen molar-refractivity contribution in [2.45, 2.75) is 50.6 Å². The third kappa shape index (κ3) is 3.18. The normalized spacial score (nSPS) is 32.4. The van der Waals surface area contributed by atoms with E-state index in [1.807, 2.05) is 4.90 Å². The van der Waals surface area contributed by atoms with Gasteiger partial charge in [0.05, 0.1) is 11.8 Å². The summed E-state index contributed by atoms with van der Waals surface area (Å²) in [4.78, 5) is 31.7. The minimum absolute atomic E-state index is 0.0917. The van der Waals surface area contributed by atoms with Crippen molar-refractivity contribution >= 4 is 11.8 Å². The molecule has 27 heavy (non-hydrogen) atoms. The van der Waals surface area contributed by atoms with Gasteiger partial charge in [-0.2, -0.15) is 0 Å². The molecule has 0 saturated carbocycles. The largest absolute Gasteiger partial charge is 0.472 e. The van der Waals surface area contributed by atoms with Crippen molar-refractivity contribution < 1.29 is 14.0 Å². The monoisotopic (exact) mass is 371 g/mol. The van der Waals surface area contributed by atoms with E-state index in [1.165, 1.54) is 19.1 Å². The Morgan fingerprint density at radius 3 is 2.74 bits per heavy atom. The molecular formula is C21H29N3O3. The molecule has 0 radical (unpaired) electrons. The molecule has 6 nitrogen and oxygen atoms in total. The fourth-order valence-electron chi connectivity index (χ4n) is 5.95. The van der Waals surface area contributed by atoms with Gasteiger partial charge in [-0.25, -0.2) is 0 Å². The van der Waals surface area contributed by atoms with Gasteiger partial charge < -0.3 is 14.2 Å². The van der Waals surface area contributed by atoms with Gasteiger partial charge in [-0.3, -0.25) is 14.5 Å². The molecule has 2 amide bonds. The van der Waals surface area contributed by atoms with Crippen LogP contribution in [0.15, 0.2) is 23.0 Å². The first kappa shape index (κ1) is 17.3. The zero-order valence-corrected chi connectivity index (χ0v) is 15.9. The van der Waals surface area contributed by atoms with Crippen LogP contribution in [-0.2, 0) is 4.79 Å². The quantitative estimate of drug-likeness (QED) is 0.800. The minimum Gasteiger partial charge on any atom is -0.472 e. The number of amides is 2. The number of nitrogens with zero attached hydrogens (tertiary/aromatic N) is 3. The van der Waals surface area contributed by atoms with E-state index in [4.69, 9.17) is 4.42 Å². The van der Waals surface area contributed by atoms with Crippen LogP contribution in [0.1, 0.15) is 48.9 Å². The third-order valence-electron chi connectivity index (χ3n) is 7.24. The smallest absolute Gasteiger partial charge is 0.257 e. The average molecular weight is 371 g/mol. The average Bonchev–Trinajstić information content (AvgIpc) is 3.23. The Kier molecular flexibility index (Phi) is 4.46. The minimum atomic E-state index is 0.0917. The van der Waals surface area contributed by atoms with Crippen LogP contribution in [-0.4, -0.2) is 71.3 Å². The van der Waals surface area contributed by atoms with Crippen LogP contribution in [0.3, 0.4) is 0 Å². The van der Waals surface area contributed by atoms with Gasteiger partial charge in [0.2, 0.25) is 5.91 Å². The molecule has 4 fully saturated rings. The van der Waals surface area contributed by atoms with Crippen molar-refractivity contribution in [2.75, 3.05) is 32.7 Å². The Hall–Kier alpha value is -1.82. The Morgan fingerprint density at radius 1 is 1.11 bits per heavy atom. The van der Waals surface area contributed by atoms with E-state index in [-0.39, 0.29) is 5.91 Å². The van der Waals surface area contributed by atoms with E-state index in [9.17, 15) is 9.59 Å². The van der Waals surface area contributed by atoms with Gasteiger partial charge in [0.15, 0.2) is 0 Å². The number of likely N-dealkylation sites (tertiary alicyclic amines) is 2. The summed E-state index contributed by atoms with van der Waals surface area (Å²) >= 11 is 0. The van der Waals surface area contributed by atoms with Gasteiger partial charge in [-0.1, -0.05) is 0 Å². The zero-order valence-electron chi connectivity index (χ0n) is 15.9. The van der Waals surface area contributed by atoms with Crippen molar-refractivity contribution in [2.24, 2.45) is 11.8 Å². The molecule has 0 aliphatic carbocycles. The predicted octanol–water partition coefficient (Wildman–Crippen LogP) is 2.22. The molecule has 0 spiro atoms. The number of hydrogen-bond acceptors (Lipinski definition) is 4. The predicted molar refractivity (Wildman–Crippen MR) is 100 cm³/mol. The van der Waals surface area contributed by atoms with Crippen molar-refractivity contribution in [1.29, 1.82) is 0 Å². The molecule has 1 aromatic rings. The second-order valence-corrected chi connectivity index (χ2v) is 8.86. The lowest BCUT2D eigenvalue weighted by atomic mass is 9.75. The van der Waals surface area contributed by atoms with Gasteiger partial charge in [-0.05, 0) is 50.0 Å². The van der Waals surface area contributed by atoms with Gasteiger partial charge in [0, 0.05) is 51.2 Å². The van der Waals surface area contributed by atoms with Crippen LogP contribution in [0.25, 0.3) is 0 Å². The molecule has 4 saturated heterocycles. The highest BCUT2D eigenvalue weighted by Gasteiger charge is 2.45. The van der Waals surface area contributed by atoms with E-state index >= 15 is 0 Å². The number of hydrogen-bond donors (Lipinski definition) is 0. The lowest BCUT2D eigenvalue weighted by Gasteiger charge is -2.54. The van der Waals surface area contributed by atoms with Crippen molar-refractivity contribution in [3.8, 4) is 0 Å². The molecule has 3 atom stereocenters. The molecular weight excluding hydrogens is 342 g/mol. The molecule has 6 heteroatoms. The van der Waals surface area contributed by atoms with Gasteiger partial charge in [-0.15, -0.1) is 0 Å². The molecule has 5 rings (SSSR count). The van der Waals surface area contributed by atoms with E-state index in [2.05, 4.69) is 9.80 Å². The summed E-state index contributed by atoms with van der Waals surface area (Å²) in [5.41, 5.74) is 0.656. The Balaban J connectivity index is 1.20. The number of fused-ring (bicyclic) bond motifs is 4. The fourth-order valence-corrected chi connectivity index (χ4v) is 5.95. The Bertz CT molecular complexity index is 696.